The monoisotopic (exact) mass is 386 g/mol. The molecule has 3 rings (SSSR count). The van der Waals surface area contributed by atoms with E-state index in [9.17, 15) is 0 Å². The summed E-state index contributed by atoms with van der Waals surface area (Å²) in [6.45, 7) is 17.2. The van der Waals surface area contributed by atoms with E-state index < -0.39 is 0 Å². The molecule has 1 aromatic rings. The van der Waals surface area contributed by atoms with Crippen LogP contribution >= 0.6 is 11.6 Å². The van der Waals surface area contributed by atoms with E-state index >= 15 is 0 Å². The minimum Gasteiger partial charge on any atom is -0.372 e. The highest BCUT2D eigenvalue weighted by Gasteiger charge is 2.39. The number of allylic oxidation sites excluding steroid dienone is 1. The van der Waals surface area contributed by atoms with Crippen molar-refractivity contribution in [1.82, 2.24) is 14.8 Å². The topological polar surface area (TPSA) is 22.1 Å². The molecule has 146 valence electrons. The second-order valence-electron chi connectivity index (χ2n) is 7.05. The molecule has 2 heterocycles. The van der Waals surface area contributed by atoms with Crippen molar-refractivity contribution in [3.05, 3.63) is 58.1 Å². The Hall–Kier alpha value is -1.94. The van der Waals surface area contributed by atoms with Crippen molar-refractivity contribution >= 4 is 16.8 Å². The third kappa shape index (κ3) is 3.14. The first-order valence-electron chi connectivity index (χ1n) is 10.0. The summed E-state index contributed by atoms with van der Waals surface area (Å²) in [7, 11) is 0. The van der Waals surface area contributed by atoms with Crippen molar-refractivity contribution in [3.63, 3.8) is 0 Å². The second-order valence-corrected chi connectivity index (χ2v) is 7.41. The van der Waals surface area contributed by atoms with Gasteiger partial charge in [-0.3, -0.25) is 0 Å². The predicted octanol–water partition coefficient (Wildman–Crippen LogP) is 5.15. The number of hydrogen-bond acceptors (Lipinski definition) is 4. The van der Waals surface area contributed by atoms with Gasteiger partial charge < -0.3 is 9.80 Å². The van der Waals surface area contributed by atoms with Gasteiger partial charge in [-0.2, -0.15) is 5.10 Å². The molecule has 0 amide bonds. The number of likely N-dealkylation sites (N-methyl/N-ethyl adjacent to an activating group) is 1. The van der Waals surface area contributed by atoms with Crippen molar-refractivity contribution in [2.45, 2.75) is 47.6 Å². The van der Waals surface area contributed by atoms with Gasteiger partial charge in [-0.25, -0.2) is 5.01 Å². The van der Waals surface area contributed by atoms with Crippen LogP contribution in [0.3, 0.4) is 0 Å². The quantitative estimate of drug-likeness (QED) is 0.675. The summed E-state index contributed by atoms with van der Waals surface area (Å²) in [6.07, 6.45) is 0. The van der Waals surface area contributed by atoms with Crippen molar-refractivity contribution < 1.29 is 0 Å². The van der Waals surface area contributed by atoms with Crippen molar-refractivity contribution in [2.24, 2.45) is 5.10 Å². The lowest BCUT2D eigenvalue weighted by Crippen LogP contribution is -2.43. The summed E-state index contributed by atoms with van der Waals surface area (Å²) in [5.74, 6) is 1.17. The van der Waals surface area contributed by atoms with Crippen molar-refractivity contribution in [1.29, 1.82) is 0 Å². The van der Waals surface area contributed by atoms with Crippen LogP contribution < -0.4 is 0 Å². The van der Waals surface area contributed by atoms with Crippen LogP contribution in [0.15, 0.2) is 52.0 Å². The largest absolute Gasteiger partial charge is 0.372 e. The van der Waals surface area contributed by atoms with Gasteiger partial charge in [-0.15, -0.1) is 0 Å². The molecular formula is C22H31ClN4. The Morgan fingerprint density at radius 2 is 1.56 bits per heavy atom. The number of fused-ring (bicyclic) bond motifs is 3. The summed E-state index contributed by atoms with van der Waals surface area (Å²) in [5, 5.41) is 7.57. The SMILES string of the molecule is CCN(CC)C1=C(C)C2c3ccccc3C(Cl)=NN2C(N(CC)CC)=C1C. The molecule has 0 N–H and O–H groups in total. The lowest BCUT2D eigenvalue weighted by molar-refractivity contribution is 0.175. The molecule has 0 saturated heterocycles. The number of rotatable bonds is 6. The van der Waals surface area contributed by atoms with Crippen molar-refractivity contribution in [3.8, 4) is 0 Å². The van der Waals surface area contributed by atoms with Crippen LogP contribution in [-0.4, -0.2) is 46.2 Å². The maximum absolute atomic E-state index is 6.61. The smallest absolute Gasteiger partial charge is 0.157 e. The molecule has 2 aliphatic heterocycles. The fraction of sp³-hybridized carbons (Fsp3) is 0.500. The van der Waals surface area contributed by atoms with Crippen LogP contribution in [0.1, 0.15) is 58.7 Å². The first-order chi connectivity index (χ1) is 13.0. The molecule has 27 heavy (non-hydrogen) atoms. The van der Waals surface area contributed by atoms with E-state index in [-0.39, 0.29) is 6.04 Å². The number of benzene rings is 1. The minimum atomic E-state index is 0.0820. The Kier molecular flexibility index (Phi) is 5.85. The first-order valence-corrected chi connectivity index (χ1v) is 10.4. The van der Waals surface area contributed by atoms with Crippen LogP contribution in [0.2, 0.25) is 0 Å². The molecule has 0 aliphatic carbocycles. The van der Waals surface area contributed by atoms with Gasteiger partial charge in [-0.05, 0) is 52.7 Å². The van der Waals surface area contributed by atoms with E-state index in [2.05, 4.69) is 74.6 Å². The van der Waals surface area contributed by atoms with Crippen LogP contribution in [-0.2, 0) is 0 Å². The summed E-state index contributed by atoms with van der Waals surface area (Å²) in [5.41, 5.74) is 6.25. The van der Waals surface area contributed by atoms with Crippen LogP contribution in [0, 0.1) is 0 Å². The Labute approximate surface area is 168 Å². The molecule has 0 radical (unpaired) electrons. The van der Waals surface area contributed by atoms with Gasteiger partial charge >= 0.3 is 0 Å². The van der Waals surface area contributed by atoms with Gasteiger partial charge in [0.15, 0.2) is 5.17 Å². The normalized spacial score (nSPS) is 19.0. The fourth-order valence-corrected chi connectivity index (χ4v) is 4.74. The fourth-order valence-electron chi connectivity index (χ4n) is 4.48. The molecule has 5 heteroatoms. The second kappa shape index (κ2) is 7.97. The van der Waals surface area contributed by atoms with E-state index in [0.717, 1.165) is 31.7 Å². The maximum Gasteiger partial charge on any atom is 0.157 e. The molecule has 1 unspecified atom stereocenters. The molecule has 0 bridgehead atoms. The van der Waals surface area contributed by atoms with Crippen LogP contribution in [0.5, 0.6) is 0 Å². The molecular weight excluding hydrogens is 356 g/mol. The van der Waals surface area contributed by atoms with Gasteiger partial charge in [0.1, 0.15) is 11.9 Å². The number of nitrogens with zero attached hydrogens (tertiary/aromatic N) is 4. The van der Waals surface area contributed by atoms with E-state index in [1.165, 1.54) is 28.2 Å². The maximum atomic E-state index is 6.61. The van der Waals surface area contributed by atoms with E-state index in [0.29, 0.717) is 5.17 Å². The Bertz CT molecular complexity index is 800. The molecule has 1 aromatic carbocycles. The van der Waals surface area contributed by atoms with Gasteiger partial charge in [0.05, 0.1) is 0 Å². The Morgan fingerprint density at radius 1 is 0.963 bits per heavy atom. The zero-order chi connectivity index (χ0) is 19.7. The Balaban J connectivity index is 2.30. The molecule has 0 saturated carbocycles. The standard InChI is InChI=1S/C22H31ClN4/c1-7-25(8-2)19-15(5)20-17-13-11-12-14-18(17)21(23)24-27(20)22(16(19)6)26(9-3)10-4/h11-14,20H,7-10H2,1-6H3. The molecule has 1 atom stereocenters. The number of halogens is 1. The third-order valence-corrected chi connectivity index (χ3v) is 6.03. The zero-order valence-electron chi connectivity index (χ0n) is 17.4. The van der Waals surface area contributed by atoms with Gasteiger partial charge in [0.2, 0.25) is 0 Å². The number of hydrogen-bond donors (Lipinski definition) is 0. The summed E-state index contributed by atoms with van der Waals surface area (Å²) in [6, 6.07) is 8.48. The summed E-state index contributed by atoms with van der Waals surface area (Å²) in [4.78, 5) is 4.86. The lowest BCUT2D eigenvalue weighted by atomic mass is 9.87. The zero-order valence-corrected chi connectivity index (χ0v) is 18.1. The highest BCUT2D eigenvalue weighted by Crippen LogP contribution is 2.46. The van der Waals surface area contributed by atoms with Gasteiger partial charge in [-0.1, -0.05) is 35.9 Å². The minimum absolute atomic E-state index is 0.0820. The molecule has 4 nitrogen and oxygen atoms in total. The van der Waals surface area contributed by atoms with Crippen LogP contribution in [0.4, 0.5) is 0 Å². The molecule has 2 aliphatic rings. The lowest BCUT2D eigenvalue weighted by Gasteiger charge is -2.46. The van der Waals surface area contributed by atoms with Gasteiger partial charge in [0, 0.05) is 43.0 Å². The van der Waals surface area contributed by atoms with E-state index in [4.69, 9.17) is 16.7 Å². The molecule has 0 fully saturated rings. The van der Waals surface area contributed by atoms with E-state index in [1.807, 2.05) is 6.07 Å². The first kappa shape index (κ1) is 19.8. The predicted molar refractivity (Wildman–Crippen MR) is 115 cm³/mol. The summed E-state index contributed by atoms with van der Waals surface area (Å²) < 4.78 is 0. The molecule has 0 aromatic heterocycles. The Morgan fingerprint density at radius 3 is 2.15 bits per heavy atom. The highest BCUT2D eigenvalue weighted by atomic mass is 35.5. The molecule has 0 spiro atoms. The van der Waals surface area contributed by atoms with Crippen LogP contribution in [0.25, 0.3) is 0 Å². The third-order valence-electron chi connectivity index (χ3n) is 5.75. The average molecular weight is 387 g/mol. The average Bonchev–Trinajstić information content (AvgIpc) is 2.68. The van der Waals surface area contributed by atoms with Crippen molar-refractivity contribution in [2.75, 3.05) is 26.2 Å². The summed E-state index contributed by atoms with van der Waals surface area (Å²) >= 11 is 6.61. The van der Waals surface area contributed by atoms with Gasteiger partial charge in [0.25, 0.3) is 0 Å². The highest BCUT2D eigenvalue weighted by molar-refractivity contribution is 6.69. The number of hydrazone groups is 1. The van der Waals surface area contributed by atoms with E-state index in [1.54, 1.807) is 0 Å².